The van der Waals surface area contributed by atoms with E-state index < -0.39 is 0 Å². The van der Waals surface area contributed by atoms with Crippen molar-refractivity contribution in [2.75, 3.05) is 39.3 Å². The van der Waals surface area contributed by atoms with Crippen LogP contribution in [0.3, 0.4) is 0 Å². The molecule has 0 amide bonds. The van der Waals surface area contributed by atoms with E-state index in [0.29, 0.717) is 0 Å². The van der Waals surface area contributed by atoms with Gasteiger partial charge in [0.25, 0.3) is 0 Å². The van der Waals surface area contributed by atoms with Gasteiger partial charge in [0, 0.05) is 18.1 Å². The topological polar surface area (TPSA) is 9.72 Å². The van der Waals surface area contributed by atoms with Gasteiger partial charge in [-0.25, -0.2) is 0 Å². The van der Waals surface area contributed by atoms with Gasteiger partial charge < -0.3 is 4.90 Å². The zero-order valence-corrected chi connectivity index (χ0v) is 18.4. The summed E-state index contributed by atoms with van der Waals surface area (Å²) >= 11 is 0. The first-order chi connectivity index (χ1) is 12.7. The normalized spacial score (nSPS) is 28.3. The first-order valence-corrected chi connectivity index (χ1v) is 12.0. The van der Waals surface area contributed by atoms with Crippen LogP contribution in [0.25, 0.3) is 0 Å². The monoisotopic (exact) mass is 365 g/mol. The summed E-state index contributed by atoms with van der Waals surface area (Å²) in [7, 11) is 0. The van der Waals surface area contributed by atoms with Crippen LogP contribution >= 0.6 is 0 Å². The summed E-state index contributed by atoms with van der Waals surface area (Å²) in [6.45, 7) is 17.0. The van der Waals surface area contributed by atoms with Crippen molar-refractivity contribution in [1.29, 1.82) is 0 Å². The molecule has 2 aliphatic rings. The third-order valence-corrected chi connectivity index (χ3v) is 7.10. The largest absolute Gasteiger partial charge is 0.304 e. The molecule has 2 saturated heterocycles. The van der Waals surface area contributed by atoms with Crippen molar-refractivity contribution < 1.29 is 0 Å². The second kappa shape index (κ2) is 12.4. The van der Waals surface area contributed by atoms with E-state index in [1.165, 1.54) is 103 Å². The van der Waals surface area contributed by atoms with Gasteiger partial charge in [0.1, 0.15) is 0 Å². The Hall–Kier alpha value is -0.120. The number of likely N-dealkylation sites (N-methyl/N-ethyl adjacent to an activating group) is 2. The Kier molecular flexibility index (Phi) is 10.5. The highest BCUT2D eigenvalue weighted by atomic mass is 15.3. The zero-order valence-electron chi connectivity index (χ0n) is 18.4. The SMILES string of the molecule is CCCCN(CC)CCCCC1CCCC(C2CCCN2CC)N1CC. The number of rotatable bonds is 12. The van der Waals surface area contributed by atoms with Gasteiger partial charge in [-0.1, -0.05) is 47.0 Å². The van der Waals surface area contributed by atoms with Crippen LogP contribution < -0.4 is 0 Å². The number of hydrogen-bond acceptors (Lipinski definition) is 3. The van der Waals surface area contributed by atoms with E-state index in [2.05, 4.69) is 42.4 Å². The molecule has 154 valence electrons. The predicted molar refractivity (Wildman–Crippen MR) is 115 cm³/mol. The predicted octanol–water partition coefficient (Wildman–Crippen LogP) is 5.01. The van der Waals surface area contributed by atoms with Crippen LogP contribution in [0, 0.1) is 0 Å². The molecule has 3 nitrogen and oxygen atoms in total. The molecule has 2 aliphatic heterocycles. The van der Waals surface area contributed by atoms with Crippen molar-refractivity contribution in [2.24, 2.45) is 0 Å². The first-order valence-electron chi connectivity index (χ1n) is 12.0. The van der Waals surface area contributed by atoms with Crippen LogP contribution in [0.2, 0.25) is 0 Å². The van der Waals surface area contributed by atoms with Gasteiger partial charge >= 0.3 is 0 Å². The molecule has 0 N–H and O–H groups in total. The third kappa shape index (κ3) is 6.21. The minimum Gasteiger partial charge on any atom is -0.304 e. The molecule has 26 heavy (non-hydrogen) atoms. The van der Waals surface area contributed by atoms with Crippen LogP contribution in [0.4, 0.5) is 0 Å². The highest BCUT2D eigenvalue weighted by Crippen LogP contribution is 2.33. The molecule has 0 spiro atoms. The van der Waals surface area contributed by atoms with E-state index in [0.717, 1.165) is 18.1 Å². The molecule has 2 fully saturated rings. The Morgan fingerprint density at radius 3 is 2.27 bits per heavy atom. The van der Waals surface area contributed by atoms with E-state index >= 15 is 0 Å². The average Bonchev–Trinajstić information content (AvgIpc) is 3.15. The van der Waals surface area contributed by atoms with Gasteiger partial charge in [-0.2, -0.15) is 0 Å². The van der Waals surface area contributed by atoms with Crippen molar-refractivity contribution >= 4 is 0 Å². The minimum atomic E-state index is 0.831. The van der Waals surface area contributed by atoms with E-state index in [1.54, 1.807) is 0 Å². The highest BCUT2D eigenvalue weighted by molar-refractivity contribution is 4.95. The molecule has 3 unspecified atom stereocenters. The van der Waals surface area contributed by atoms with Crippen molar-refractivity contribution in [3.05, 3.63) is 0 Å². The fourth-order valence-electron chi connectivity index (χ4n) is 5.59. The lowest BCUT2D eigenvalue weighted by Crippen LogP contribution is -2.55. The lowest BCUT2D eigenvalue weighted by molar-refractivity contribution is 0.0314. The summed E-state index contributed by atoms with van der Waals surface area (Å²) in [5.74, 6) is 0. The lowest BCUT2D eigenvalue weighted by Gasteiger charge is -2.46. The Morgan fingerprint density at radius 1 is 0.808 bits per heavy atom. The van der Waals surface area contributed by atoms with Crippen molar-refractivity contribution in [3.8, 4) is 0 Å². The second-order valence-electron chi connectivity index (χ2n) is 8.60. The smallest absolute Gasteiger partial charge is 0.0254 e. The van der Waals surface area contributed by atoms with E-state index in [1.807, 2.05) is 0 Å². The Bertz CT molecular complexity index is 359. The quantitative estimate of drug-likeness (QED) is 0.450. The second-order valence-corrected chi connectivity index (χ2v) is 8.60. The Morgan fingerprint density at radius 2 is 1.58 bits per heavy atom. The average molecular weight is 366 g/mol. The van der Waals surface area contributed by atoms with Crippen LogP contribution in [0.1, 0.15) is 91.9 Å². The van der Waals surface area contributed by atoms with E-state index in [-0.39, 0.29) is 0 Å². The maximum Gasteiger partial charge on any atom is 0.0254 e. The summed E-state index contributed by atoms with van der Waals surface area (Å²) in [6, 6.07) is 2.52. The van der Waals surface area contributed by atoms with E-state index in [4.69, 9.17) is 0 Å². The fraction of sp³-hybridized carbons (Fsp3) is 1.00. The molecule has 0 aromatic rings. The molecular weight excluding hydrogens is 318 g/mol. The van der Waals surface area contributed by atoms with Gasteiger partial charge in [0.2, 0.25) is 0 Å². The molecule has 0 saturated carbocycles. The Labute approximate surface area is 164 Å². The molecule has 0 aromatic heterocycles. The molecule has 3 atom stereocenters. The van der Waals surface area contributed by atoms with Crippen LogP contribution in [-0.2, 0) is 0 Å². The summed E-state index contributed by atoms with van der Waals surface area (Å²) in [5, 5.41) is 0. The molecule has 2 heterocycles. The van der Waals surface area contributed by atoms with Gasteiger partial charge in [0.15, 0.2) is 0 Å². The van der Waals surface area contributed by atoms with Gasteiger partial charge in [0.05, 0.1) is 0 Å². The maximum absolute atomic E-state index is 2.91. The van der Waals surface area contributed by atoms with Crippen molar-refractivity contribution in [1.82, 2.24) is 14.7 Å². The number of piperidine rings is 1. The zero-order chi connectivity index (χ0) is 18.8. The summed E-state index contributed by atoms with van der Waals surface area (Å²) in [4.78, 5) is 8.34. The van der Waals surface area contributed by atoms with Crippen LogP contribution in [-0.4, -0.2) is 72.1 Å². The van der Waals surface area contributed by atoms with Crippen molar-refractivity contribution in [2.45, 2.75) is 110 Å². The van der Waals surface area contributed by atoms with Gasteiger partial charge in [-0.15, -0.1) is 0 Å². The molecule has 0 bridgehead atoms. The van der Waals surface area contributed by atoms with Crippen LogP contribution in [0.5, 0.6) is 0 Å². The molecule has 2 rings (SSSR count). The fourth-order valence-corrected chi connectivity index (χ4v) is 5.59. The number of likely N-dealkylation sites (tertiary alicyclic amines) is 2. The molecule has 0 radical (unpaired) electrons. The highest BCUT2D eigenvalue weighted by Gasteiger charge is 2.38. The number of hydrogen-bond donors (Lipinski definition) is 0. The summed E-state index contributed by atoms with van der Waals surface area (Å²) in [6.07, 6.45) is 14.1. The molecule has 3 heteroatoms. The van der Waals surface area contributed by atoms with Crippen LogP contribution in [0.15, 0.2) is 0 Å². The number of nitrogens with zero attached hydrogens (tertiary/aromatic N) is 3. The standard InChI is InChI=1S/C23H47N3/c1-5-9-18-24(6-2)19-11-10-14-21-15-12-16-23(26(21)8-4)22-17-13-20-25(22)7-3/h21-23H,5-20H2,1-4H3. The molecular formula is C23H47N3. The number of unbranched alkanes of at least 4 members (excludes halogenated alkanes) is 2. The van der Waals surface area contributed by atoms with Crippen molar-refractivity contribution in [3.63, 3.8) is 0 Å². The van der Waals surface area contributed by atoms with Gasteiger partial charge in [-0.3, -0.25) is 9.80 Å². The summed E-state index contributed by atoms with van der Waals surface area (Å²) < 4.78 is 0. The van der Waals surface area contributed by atoms with Gasteiger partial charge in [-0.05, 0) is 84.2 Å². The summed E-state index contributed by atoms with van der Waals surface area (Å²) in [5.41, 5.74) is 0. The third-order valence-electron chi connectivity index (χ3n) is 7.10. The minimum absolute atomic E-state index is 0.831. The maximum atomic E-state index is 2.91. The molecule has 0 aromatic carbocycles. The lowest BCUT2D eigenvalue weighted by atomic mass is 9.87. The first kappa shape index (κ1) is 22.2. The Balaban J connectivity index is 1.79. The van der Waals surface area contributed by atoms with E-state index in [9.17, 15) is 0 Å². The molecule has 0 aliphatic carbocycles.